The van der Waals surface area contributed by atoms with E-state index >= 15 is 0 Å². The molecule has 0 unspecified atom stereocenters. The van der Waals surface area contributed by atoms with Crippen LogP contribution in [-0.4, -0.2) is 15.4 Å². The molecule has 0 aromatic heterocycles. The highest BCUT2D eigenvalue weighted by molar-refractivity contribution is 6.68. The van der Waals surface area contributed by atoms with Crippen LogP contribution in [0.25, 0.3) is 0 Å². The molecule has 5 nitrogen and oxygen atoms in total. The van der Waals surface area contributed by atoms with Crippen molar-refractivity contribution in [2.45, 2.75) is 26.2 Å². The molecule has 1 aromatic carbocycles. The van der Waals surface area contributed by atoms with Crippen LogP contribution in [0.1, 0.15) is 34.8 Å². The van der Waals surface area contributed by atoms with Gasteiger partial charge < -0.3 is 0 Å². The first kappa shape index (κ1) is 16.9. The Bertz CT molecular complexity index is 587. The van der Waals surface area contributed by atoms with Crippen molar-refractivity contribution >= 4 is 51.0 Å². The highest BCUT2D eigenvalue weighted by Crippen LogP contribution is 2.36. The molecule has 1 aromatic rings. The third-order valence-corrected chi connectivity index (χ3v) is 3.41. The third-order valence-electron chi connectivity index (χ3n) is 2.66. The SMILES string of the molecule is CCCc1cc(C(=O)Cl)c([N+](=O)[O-])c(Cl)c1CC(=O)Cl. The molecule has 0 aliphatic heterocycles. The summed E-state index contributed by atoms with van der Waals surface area (Å²) in [4.78, 5) is 32.6. The van der Waals surface area contributed by atoms with Crippen LogP contribution in [-0.2, 0) is 17.6 Å². The van der Waals surface area contributed by atoms with Crippen molar-refractivity contribution in [2.24, 2.45) is 0 Å². The van der Waals surface area contributed by atoms with Gasteiger partial charge >= 0.3 is 0 Å². The average Bonchev–Trinajstić information content (AvgIpc) is 2.32. The largest absolute Gasteiger partial charge is 0.300 e. The van der Waals surface area contributed by atoms with Gasteiger partial charge in [0.2, 0.25) is 5.24 Å². The lowest BCUT2D eigenvalue weighted by atomic mass is 9.97. The predicted octanol–water partition coefficient (Wildman–Crippen LogP) is 3.89. The zero-order valence-corrected chi connectivity index (χ0v) is 12.7. The van der Waals surface area contributed by atoms with Gasteiger partial charge in [-0.25, -0.2) is 0 Å². The summed E-state index contributed by atoms with van der Waals surface area (Å²) in [5.41, 5.74) is -0.0571. The normalized spacial score (nSPS) is 10.4. The van der Waals surface area contributed by atoms with Crippen molar-refractivity contribution < 1.29 is 14.5 Å². The van der Waals surface area contributed by atoms with Crippen molar-refractivity contribution in [3.8, 4) is 0 Å². The van der Waals surface area contributed by atoms with Gasteiger partial charge in [-0.15, -0.1) is 0 Å². The minimum atomic E-state index is -0.972. The van der Waals surface area contributed by atoms with Crippen LogP contribution in [0.5, 0.6) is 0 Å². The van der Waals surface area contributed by atoms with E-state index in [9.17, 15) is 19.7 Å². The maximum absolute atomic E-state index is 11.3. The first-order valence-corrected chi connectivity index (χ1v) is 6.79. The Morgan fingerprint density at radius 1 is 1.35 bits per heavy atom. The first-order valence-electron chi connectivity index (χ1n) is 5.66. The van der Waals surface area contributed by atoms with E-state index in [0.717, 1.165) is 0 Å². The van der Waals surface area contributed by atoms with Crippen molar-refractivity contribution in [1.82, 2.24) is 0 Å². The van der Waals surface area contributed by atoms with E-state index in [1.54, 1.807) is 0 Å². The summed E-state index contributed by atoms with van der Waals surface area (Å²) < 4.78 is 0. The molecular weight excluding hydrogens is 328 g/mol. The van der Waals surface area contributed by atoms with Crippen LogP contribution in [0.3, 0.4) is 0 Å². The quantitative estimate of drug-likeness (QED) is 0.448. The van der Waals surface area contributed by atoms with Crippen molar-refractivity contribution in [3.63, 3.8) is 0 Å². The van der Waals surface area contributed by atoms with E-state index in [-0.39, 0.29) is 22.6 Å². The fourth-order valence-corrected chi connectivity index (χ4v) is 2.52. The molecule has 108 valence electrons. The van der Waals surface area contributed by atoms with Crippen molar-refractivity contribution in [1.29, 1.82) is 0 Å². The molecule has 0 spiro atoms. The monoisotopic (exact) mass is 337 g/mol. The molecule has 0 atom stereocenters. The van der Waals surface area contributed by atoms with Gasteiger partial charge in [0.05, 0.1) is 4.92 Å². The van der Waals surface area contributed by atoms with Gasteiger partial charge in [0, 0.05) is 6.42 Å². The van der Waals surface area contributed by atoms with Crippen LogP contribution in [0.4, 0.5) is 5.69 Å². The molecular formula is C12H10Cl3NO4. The topological polar surface area (TPSA) is 77.3 Å². The zero-order valence-electron chi connectivity index (χ0n) is 10.4. The predicted molar refractivity (Wildman–Crippen MR) is 76.8 cm³/mol. The molecule has 0 amide bonds. The second kappa shape index (κ2) is 7.02. The summed E-state index contributed by atoms with van der Waals surface area (Å²) in [5.74, 6) is 0. The standard InChI is InChI=1S/C12H10Cl3NO4/c1-2-3-6-4-8(12(15)18)11(16(19)20)10(14)7(6)5-9(13)17/h4H,2-3,5H2,1H3. The molecule has 0 N–H and O–H groups in total. The van der Waals surface area contributed by atoms with Crippen LogP contribution in [0, 0.1) is 10.1 Å². The molecule has 0 heterocycles. The number of nitro benzene ring substituents is 1. The highest BCUT2D eigenvalue weighted by atomic mass is 35.5. The van der Waals surface area contributed by atoms with Crippen molar-refractivity contribution in [2.75, 3.05) is 0 Å². The highest BCUT2D eigenvalue weighted by Gasteiger charge is 2.28. The lowest BCUT2D eigenvalue weighted by molar-refractivity contribution is -0.385. The summed E-state index contributed by atoms with van der Waals surface area (Å²) in [6.45, 7) is 1.88. The van der Waals surface area contributed by atoms with Crippen LogP contribution < -0.4 is 0 Å². The van der Waals surface area contributed by atoms with Crippen molar-refractivity contribution in [3.05, 3.63) is 37.9 Å². The molecule has 1 rings (SSSR count). The molecule has 0 bridgehead atoms. The summed E-state index contributed by atoms with van der Waals surface area (Å²) in [6.07, 6.45) is 0.954. The number of hydrogen-bond donors (Lipinski definition) is 0. The van der Waals surface area contributed by atoms with Gasteiger partial charge in [-0.05, 0) is 46.8 Å². The van der Waals surface area contributed by atoms with Crippen LogP contribution in [0.15, 0.2) is 6.07 Å². The Balaban J connectivity index is 3.64. The fourth-order valence-electron chi connectivity index (χ4n) is 1.88. The van der Waals surface area contributed by atoms with E-state index in [1.807, 2.05) is 6.92 Å². The minimum absolute atomic E-state index is 0.243. The number of aryl methyl sites for hydroxylation is 1. The van der Waals surface area contributed by atoms with E-state index in [1.165, 1.54) is 6.07 Å². The molecule has 0 saturated carbocycles. The van der Waals surface area contributed by atoms with Gasteiger partial charge in [0.25, 0.3) is 10.9 Å². The lowest BCUT2D eigenvalue weighted by Gasteiger charge is -2.12. The minimum Gasteiger partial charge on any atom is -0.281 e. The van der Waals surface area contributed by atoms with E-state index < -0.39 is 21.1 Å². The van der Waals surface area contributed by atoms with Gasteiger partial charge in [-0.1, -0.05) is 24.9 Å². The van der Waals surface area contributed by atoms with Crippen LogP contribution in [0.2, 0.25) is 5.02 Å². The fraction of sp³-hybridized carbons (Fsp3) is 0.333. The number of halogens is 3. The maximum Gasteiger partial charge on any atom is 0.300 e. The summed E-state index contributed by atoms with van der Waals surface area (Å²) in [6, 6.07) is 1.30. The molecule has 0 radical (unpaired) electrons. The molecule has 8 heteroatoms. The van der Waals surface area contributed by atoms with E-state index in [0.29, 0.717) is 18.4 Å². The summed E-state index contributed by atoms with van der Waals surface area (Å²) in [7, 11) is 0. The number of benzene rings is 1. The summed E-state index contributed by atoms with van der Waals surface area (Å²) >= 11 is 16.7. The Labute approximate surface area is 130 Å². The molecule has 20 heavy (non-hydrogen) atoms. The second-order valence-corrected chi connectivity index (χ2v) is 5.18. The number of carbonyl (C=O) groups excluding carboxylic acids is 2. The zero-order chi connectivity index (χ0) is 15.4. The Morgan fingerprint density at radius 2 is 1.95 bits per heavy atom. The summed E-state index contributed by atoms with van der Waals surface area (Å²) in [5, 5.41) is 9.12. The first-order chi connectivity index (χ1) is 9.29. The van der Waals surface area contributed by atoms with Crippen LogP contribution >= 0.6 is 34.8 Å². The number of rotatable bonds is 6. The number of nitrogens with zero attached hydrogens (tertiary/aromatic N) is 1. The third kappa shape index (κ3) is 3.69. The van der Waals surface area contributed by atoms with E-state index in [4.69, 9.17) is 34.8 Å². The molecule has 0 fully saturated rings. The number of hydrogen-bond acceptors (Lipinski definition) is 4. The van der Waals surface area contributed by atoms with Gasteiger partial charge in [-0.2, -0.15) is 0 Å². The average molecular weight is 339 g/mol. The maximum atomic E-state index is 11.3. The van der Waals surface area contributed by atoms with Gasteiger partial charge in [0.15, 0.2) is 0 Å². The Kier molecular flexibility index (Phi) is 5.92. The number of nitro groups is 1. The second-order valence-electron chi connectivity index (χ2n) is 4.04. The molecule has 0 aliphatic rings. The van der Waals surface area contributed by atoms with E-state index in [2.05, 4.69) is 0 Å². The lowest BCUT2D eigenvalue weighted by Crippen LogP contribution is -2.08. The molecule has 0 saturated heterocycles. The van der Waals surface area contributed by atoms with Gasteiger partial charge in [-0.3, -0.25) is 19.7 Å². The van der Waals surface area contributed by atoms with Gasteiger partial charge in [0.1, 0.15) is 10.6 Å². The smallest absolute Gasteiger partial charge is 0.281 e. The Hall–Kier alpha value is -1.17. The molecule has 0 aliphatic carbocycles. The Morgan fingerprint density at radius 3 is 2.35 bits per heavy atom. The number of carbonyl (C=O) groups is 2.